The SMILES string of the molecule is NC(N)=NCCC[C@@H]1NC(=O)CNC(=O)[C@H](CC(=O)O)NC(=O)[C@@H](Cc2ccccc2)NC(=O)[C@H](CCCCNC(=O)c2cn(CCF)nn2)NC1=O. The number of guanidine groups is 1. The lowest BCUT2D eigenvalue weighted by Gasteiger charge is -2.26. The molecule has 1 fully saturated rings. The minimum Gasteiger partial charge on any atom is -0.481 e. The highest BCUT2D eigenvalue weighted by molar-refractivity contribution is 5.98. The number of alkyl halides is 1. The third-order valence-corrected chi connectivity index (χ3v) is 7.87. The number of nitrogens with zero attached hydrogens (tertiary/aromatic N) is 4. The molecule has 53 heavy (non-hydrogen) atoms. The molecule has 20 nitrogen and oxygen atoms in total. The summed E-state index contributed by atoms with van der Waals surface area (Å²) in [5, 5.41) is 31.9. The van der Waals surface area contributed by atoms with Gasteiger partial charge in [-0.25, -0.2) is 9.07 Å². The summed E-state index contributed by atoms with van der Waals surface area (Å²) < 4.78 is 13.8. The Balaban J connectivity index is 1.85. The Morgan fingerprint density at radius 3 is 2.21 bits per heavy atom. The summed E-state index contributed by atoms with van der Waals surface area (Å²) in [6, 6.07) is 3.20. The van der Waals surface area contributed by atoms with Crippen molar-refractivity contribution >= 4 is 47.4 Å². The van der Waals surface area contributed by atoms with E-state index < -0.39 is 85.2 Å². The molecule has 1 aliphatic rings. The van der Waals surface area contributed by atoms with Crippen molar-refractivity contribution in [2.24, 2.45) is 16.5 Å². The number of nitrogens with two attached hydrogens (primary N) is 2. The van der Waals surface area contributed by atoms with Crippen LogP contribution < -0.4 is 43.4 Å². The van der Waals surface area contributed by atoms with Gasteiger partial charge in [-0.2, -0.15) is 0 Å². The van der Waals surface area contributed by atoms with Crippen LogP contribution in [0.25, 0.3) is 0 Å². The molecule has 0 radical (unpaired) electrons. The number of rotatable bonds is 16. The number of carboxylic acid groups (broad SMARTS) is 1. The molecule has 1 aromatic heterocycles. The molecule has 6 amide bonds. The molecule has 0 aliphatic carbocycles. The molecule has 2 heterocycles. The predicted molar refractivity (Wildman–Crippen MR) is 185 cm³/mol. The Hall–Kier alpha value is -6.15. The van der Waals surface area contributed by atoms with Crippen LogP contribution in [0.3, 0.4) is 0 Å². The van der Waals surface area contributed by atoms with E-state index in [-0.39, 0.29) is 63.4 Å². The Kier molecular flexibility index (Phi) is 16.6. The van der Waals surface area contributed by atoms with Crippen molar-refractivity contribution in [2.75, 3.05) is 26.3 Å². The molecule has 4 atom stereocenters. The maximum atomic E-state index is 13.9. The number of hydrogen-bond donors (Lipinski definition) is 9. The van der Waals surface area contributed by atoms with Crippen LogP contribution in [0, 0.1) is 0 Å². The molecule has 3 rings (SSSR count). The number of unbranched alkanes of at least 4 members (excludes halogenated alkanes) is 1. The number of carbonyl (C=O) groups is 7. The predicted octanol–water partition coefficient (Wildman–Crippen LogP) is -3.01. The zero-order chi connectivity index (χ0) is 38.8. The second-order valence-electron chi connectivity index (χ2n) is 12.1. The molecule has 288 valence electrons. The van der Waals surface area contributed by atoms with Crippen LogP contribution in [0.1, 0.15) is 54.6 Å². The van der Waals surface area contributed by atoms with Gasteiger partial charge in [-0.1, -0.05) is 35.5 Å². The molecule has 0 unspecified atom stereocenters. The standard InChI is InChI=1S/C32H45FN12O8/c33-11-14-45-18-24(43-44-45)28(50)36-12-5-4-9-21-30(52)41-22(15-19-7-2-1-3-8-19)31(53)42-23(16-26(47)48)27(49)38-17-25(46)39-20(29(51)40-21)10-6-13-37-32(34)35/h1-3,7-8,18,20-23H,4-6,9-17H2,(H,36,50)(H,38,49)(H,39,46)(H,40,51)(H,41,52)(H,42,53)(H,47,48)(H4,34,35,37)/t20-,21-,22+,23-/m0/s1. The van der Waals surface area contributed by atoms with Crippen molar-refractivity contribution in [3.05, 3.63) is 47.8 Å². The van der Waals surface area contributed by atoms with Gasteiger partial charge in [0, 0.05) is 19.5 Å². The van der Waals surface area contributed by atoms with Gasteiger partial charge in [0.15, 0.2) is 11.7 Å². The fraction of sp³-hybridized carbons (Fsp3) is 0.500. The topological polar surface area (TPSA) is 307 Å². The van der Waals surface area contributed by atoms with Gasteiger partial charge in [0.25, 0.3) is 5.91 Å². The maximum Gasteiger partial charge on any atom is 0.305 e. The Bertz CT molecular complexity index is 1620. The van der Waals surface area contributed by atoms with Crippen LogP contribution in [-0.4, -0.2) is 118 Å². The molecule has 1 aromatic carbocycles. The van der Waals surface area contributed by atoms with Gasteiger partial charge in [-0.3, -0.25) is 38.6 Å². The molecule has 0 bridgehead atoms. The smallest absolute Gasteiger partial charge is 0.305 e. The third kappa shape index (κ3) is 14.5. The average Bonchev–Trinajstić information content (AvgIpc) is 3.59. The molecule has 21 heteroatoms. The normalized spacial score (nSPS) is 20.0. The molecule has 0 spiro atoms. The zero-order valence-electron chi connectivity index (χ0n) is 28.9. The Morgan fingerprint density at radius 2 is 1.53 bits per heavy atom. The first-order valence-electron chi connectivity index (χ1n) is 16.9. The van der Waals surface area contributed by atoms with Crippen molar-refractivity contribution in [3.63, 3.8) is 0 Å². The van der Waals surface area contributed by atoms with E-state index in [1.807, 2.05) is 0 Å². The number of carboxylic acids is 1. The van der Waals surface area contributed by atoms with Gasteiger partial charge in [0.2, 0.25) is 29.5 Å². The Morgan fingerprint density at radius 1 is 0.887 bits per heavy atom. The van der Waals surface area contributed by atoms with Gasteiger partial charge in [0.05, 0.1) is 25.7 Å². The lowest BCUT2D eigenvalue weighted by molar-refractivity contribution is -0.141. The first kappa shape index (κ1) is 41.3. The van der Waals surface area contributed by atoms with E-state index in [1.54, 1.807) is 30.3 Å². The van der Waals surface area contributed by atoms with Crippen LogP contribution in [0.2, 0.25) is 0 Å². The minimum absolute atomic E-state index is 0.00918. The fourth-order valence-electron chi connectivity index (χ4n) is 5.20. The summed E-state index contributed by atoms with van der Waals surface area (Å²) in [5.41, 5.74) is 11.4. The number of aromatic nitrogens is 3. The highest BCUT2D eigenvalue weighted by atomic mass is 19.1. The molecule has 11 N–H and O–H groups in total. The van der Waals surface area contributed by atoms with Crippen molar-refractivity contribution in [1.82, 2.24) is 46.9 Å². The third-order valence-electron chi connectivity index (χ3n) is 7.87. The van der Waals surface area contributed by atoms with Gasteiger partial charge in [-0.05, 0) is 37.7 Å². The van der Waals surface area contributed by atoms with Crippen molar-refractivity contribution in [2.45, 2.75) is 75.7 Å². The number of aryl methyl sites for hydroxylation is 1. The largest absolute Gasteiger partial charge is 0.481 e. The summed E-state index contributed by atoms with van der Waals surface area (Å²) in [4.78, 5) is 94.8. The number of carbonyl (C=O) groups excluding carboxylic acids is 6. The van der Waals surface area contributed by atoms with Crippen molar-refractivity contribution in [3.8, 4) is 0 Å². The van der Waals surface area contributed by atoms with E-state index in [0.717, 1.165) is 0 Å². The van der Waals surface area contributed by atoms with Gasteiger partial charge in [-0.15, -0.1) is 5.10 Å². The molecule has 1 saturated heterocycles. The number of halogens is 1. The molecular weight excluding hydrogens is 699 g/mol. The summed E-state index contributed by atoms with van der Waals surface area (Å²) in [7, 11) is 0. The number of aliphatic imine (C=N–C) groups is 1. The lowest BCUT2D eigenvalue weighted by atomic mass is 10.0. The van der Waals surface area contributed by atoms with Gasteiger partial charge >= 0.3 is 5.97 Å². The number of nitrogens with one attached hydrogen (secondary N) is 6. The van der Waals surface area contributed by atoms with Crippen LogP contribution >= 0.6 is 0 Å². The van der Waals surface area contributed by atoms with Crippen LogP contribution in [0.4, 0.5) is 4.39 Å². The lowest BCUT2D eigenvalue weighted by Crippen LogP contribution is -2.58. The number of amides is 6. The molecule has 1 aliphatic heterocycles. The monoisotopic (exact) mass is 744 g/mol. The fourth-order valence-corrected chi connectivity index (χ4v) is 5.20. The highest BCUT2D eigenvalue weighted by Crippen LogP contribution is 2.09. The number of aliphatic carboxylic acids is 1. The van der Waals surface area contributed by atoms with E-state index in [9.17, 15) is 43.1 Å². The van der Waals surface area contributed by atoms with Gasteiger partial charge in [0.1, 0.15) is 30.8 Å². The van der Waals surface area contributed by atoms with Crippen LogP contribution in [0.15, 0.2) is 41.5 Å². The summed E-state index contributed by atoms with van der Waals surface area (Å²) in [6.07, 6.45) is 1.32. The first-order valence-corrected chi connectivity index (χ1v) is 16.9. The maximum absolute atomic E-state index is 13.9. The van der Waals surface area contributed by atoms with E-state index in [1.165, 1.54) is 10.9 Å². The Labute approximate surface area is 303 Å². The second kappa shape index (κ2) is 21.3. The summed E-state index contributed by atoms with van der Waals surface area (Å²) >= 11 is 0. The summed E-state index contributed by atoms with van der Waals surface area (Å²) in [5.74, 6) is -6.31. The number of hydrogen-bond acceptors (Lipinski definition) is 10. The van der Waals surface area contributed by atoms with E-state index in [4.69, 9.17) is 11.5 Å². The second-order valence-corrected chi connectivity index (χ2v) is 12.1. The van der Waals surface area contributed by atoms with E-state index in [0.29, 0.717) is 12.0 Å². The summed E-state index contributed by atoms with van der Waals surface area (Å²) in [6.45, 7) is -1.13. The van der Waals surface area contributed by atoms with Gasteiger partial charge < -0.3 is 48.5 Å². The zero-order valence-corrected chi connectivity index (χ0v) is 28.9. The average molecular weight is 745 g/mol. The van der Waals surface area contributed by atoms with E-state index in [2.05, 4.69) is 47.2 Å². The molecular formula is C32H45FN12O8. The van der Waals surface area contributed by atoms with E-state index >= 15 is 0 Å². The number of benzene rings is 1. The van der Waals surface area contributed by atoms with Crippen LogP contribution in [0.5, 0.6) is 0 Å². The first-order chi connectivity index (χ1) is 25.4. The van der Waals surface area contributed by atoms with Crippen molar-refractivity contribution < 1.29 is 43.1 Å². The highest BCUT2D eigenvalue weighted by Gasteiger charge is 2.33. The minimum atomic E-state index is -1.61. The molecule has 0 saturated carbocycles. The van der Waals surface area contributed by atoms with Crippen molar-refractivity contribution in [1.29, 1.82) is 0 Å². The van der Waals surface area contributed by atoms with Crippen LogP contribution in [-0.2, 0) is 41.7 Å². The molecule has 2 aromatic rings. The quantitative estimate of drug-likeness (QED) is 0.0472.